The second kappa shape index (κ2) is 7.48. The summed E-state index contributed by atoms with van der Waals surface area (Å²) in [6, 6.07) is 5.75. The van der Waals surface area contributed by atoms with E-state index < -0.39 is 0 Å². The molecule has 1 fully saturated rings. The van der Waals surface area contributed by atoms with Gasteiger partial charge in [0.05, 0.1) is 16.1 Å². The number of nitrogens with zero attached hydrogens (tertiary/aromatic N) is 1. The zero-order valence-electron chi connectivity index (χ0n) is 12.3. The topological polar surface area (TPSA) is 46.3 Å². The van der Waals surface area contributed by atoms with Crippen LogP contribution in [0, 0.1) is 5.92 Å². The van der Waals surface area contributed by atoms with Crippen molar-refractivity contribution >= 4 is 29.1 Å². The normalized spacial score (nSPS) is 19.8. The first-order valence-electron chi connectivity index (χ1n) is 7.51. The summed E-state index contributed by atoms with van der Waals surface area (Å²) in [5, 5.41) is 1.09. The van der Waals surface area contributed by atoms with Gasteiger partial charge in [0.15, 0.2) is 0 Å². The number of benzene rings is 1. The monoisotopic (exact) mass is 328 g/mol. The fourth-order valence-electron chi connectivity index (χ4n) is 2.89. The predicted octanol–water partition coefficient (Wildman–Crippen LogP) is 4.03. The number of hydrogen-bond acceptors (Lipinski definition) is 2. The zero-order chi connectivity index (χ0) is 15.4. The van der Waals surface area contributed by atoms with E-state index in [2.05, 4.69) is 6.92 Å². The molecule has 0 saturated carbocycles. The van der Waals surface area contributed by atoms with E-state index in [-0.39, 0.29) is 17.9 Å². The molecule has 116 valence electrons. The molecule has 5 heteroatoms. The van der Waals surface area contributed by atoms with Crippen molar-refractivity contribution in [2.75, 3.05) is 13.1 Å². The van der Waals surface area contributed by atoms with Gasteiger partial charge in [0.2, 0.25) is 5.91 Å². The van der Waals surface area contributed by atoms with Crippen molar-refractivity contribution in [3.05, 3.63) is 33.8 Å². The van der Waals surface area contributed by atoms with E-state index in [1.54, 1.807) is 6.07 Å². The zero-order valence-corrected chi connectivity index (χ0v) is 13.8. The Morgan fingerprint density at radius 1 is 1.43 bits per heavy atom. The van der Waals surface area contributed by atoms with Crippen LogP contribution >= 0.6 is 23.2 Å². The van der Waals surface area contributed by atoms with Crippen molar-refractivity contribution in [2.45, 2.75) is 38.6 Å². The summed E-state index contributed by atoms with van der Waals surface area (Å²) in [6.07, 6.45) is 3.47. The highest BCUT2D eigenvalue weighted by Gasteiger charge is 2.30. The van der Waals surface area contributed by atoms with Gasteiger partial charge < -0.3 is 10.6 Å². The molecule has 21 heavy (non-hydrogen) atoms. The number of carbonyl (C=O) groups is 1. The molecular weight excluding hydrogens is 307 g/mol. The van der Waals surface area contributed by atoms with E-state index >= 15 is 0 Å². The van der Waals surface area contributed by atoms with Gasteiger partial charge in [0.1, 0.15) is 0 Å². The molecule has 2 atom stereocenters. The summed E-state index contributed by atoms with van der Waals surface area (Å²) in [5.74, 6) is 0.466. The molecule has 2 rings (SSSR count). The van der Waals surface area contributed by atoms with E-state index in [1.165, 1.54) is 0 Å². The predicted molar refractivity (Wildman–Crippen MR) is 87.6 cm³/mol. The second-order valence-electron chi connectivity index (χ2n) is 5.63. The van der Waals surface area contributed by atoms with Crippen molar-refractivity contribution < 1.29 is 4.79 Å². The Balaban J connectivity index is 2.12. The van der Waals surface area contributed by atoms with Gasteiger partial charge in [-0.15, -0.1) is 0 Å². The van der Waals surface area contributed by atoms with E-state index in [0.717, 1.165) is 31.4 Å². The largest absolute Gasteiger partial charge is 0.336 e. The molecule has 1 heterocycles. The Morgan fingerprint density at radius 3 is 2.81 bits per heavy atom. The number of amides is 1. The van der Waals surface area contributed by atoms with Crippen molar-refractivity contribution in [2.24, 2.45) is 11.7 Å². The lowest BCUT2D eigenvalue weighted by atomic mass is 10.0. The van der Waals surface area contributed by atoms with Crippen LogP contribution in [0.3, 0.4) is 0 Å². The number of likely N-dealkylation sites (tertiary alicyclic amines) is 1. The number of rotatable bonds is 5. The molecule has 1 aromatic rings. The maximum atomic E-state index is 12.5. The molecule has 2 unspecified atom stereocenters. The lowest BCUT2D eigenvalue weighted by Gasteiger charge is -2.27. The third-order valence-corrected chi connectivity index (χ3v) is 5.01. The number of carbonyl (C=O) groups excluding carboxylic acids is 1. The highest BCUT2D eigenvalue weighted by molar-refractivity contribution is 6.42. The third kappa shape index (κ3) is 3.91. The average molecular weight is 329 g/mol. The van der Waals surface area contributed by atoms with Crippen molar-refractivity contribution in [1.29, 1.82) is 0 Å². The van der Waals surface area contributed by atoms with Gasteiger partial charge in [-0.1, -0.05) is 42.6 Å². The molecular formula is C16H22Cl2N2O. The maximum Gasteiger partial charge on any atom is 0.223 e. The first-order chi connectivity index (χ1) is 10.1. The fraction of sp³-hybridized carbons (Fsp3) is 0.562. The van der Waals surface area contributed by atoms with Crippen LogP contribution in [0.5, 0.6) is 0 Å². The molecule has 0 radical (unpaired) electrons. The summed E-state index contributed by atoms with van der Waals surface area (Å²) < 4.78 is 0. The highest BCUT2D eigenvalue weighted by Crippen LogP contribution is 2.35. The quantitative estimate of drug-likeness (QED) is 0.886. The minimum atomic E-state index is 0.113. The Kier molecular flexibility index (Phi) is 5.91. The van der Waals surface area contributed by atoms with Gasteiger partial charge >= 0.3 is 0 Å². The molecule has 1 aliphatic rings. The van der Waals surface area contributed by atoms with E-state index in [1.807, 2.05) is 17.0 Å². The molecule has 2 N–H and O–H groups in total. The summed E-state index contributed by atoms with van der Waals surface area (Å²) in [6.45, 7) is 3.45. The molecule has 1 saturated heterocycles. The number of halogens is 2. The summed E-state index contributed by atoms with van der Waals surface area (Å²) in [4.78, 5) is 14.5. The smallest absolute Gasteiger partial charge is 0.223 e. The Hall–Kier alpha value is -0.770. The maximum absolute atomic E-state index is 12.5. The molecule has 0 bridgehead atoms. The van der Waals surface area contributed by atoms with Gasteiger partial charge in [-0.05, 0) is 43.0 Å². The highest BCUT2D eigenvalue weighted by atomic mass is 35.5. The molecule has 0 aliphatic carbocycles. The van der Waals surface area contributed by atoms with Crippen molar-refractivity contribution in [3.8, 4) is 0 Å². The summed E-state index contributed by atoms with van der Waals surface area (Å²) >= 11 is 12.1. The van der Waals surface area contributed by atoms with Crippen LogP contribution in [-0.4, -0.2) is 23.9 Å². The van der Waals surface area contributed by atoms with Crippen LogP contribution in [0.25, 0.3) is 0 Å². The molecule has 0 spiro atoms. The Morgan fingerprint density at radius 2 is 2.19 bits per heavy atom. The van der Waals surface area contributed by atoms with Crippen LogP contribution in [0.2, 0.25) is 10.0 Å². The minimum absolute atomic E-state index is 0.113. The van der Waals surface area contributed by atoms with Crippen LogP contribution < -0.4 is 5.73 Å². The first kappa shape index (κ1) is 16.6. The van der Waals surface area contributed by atoms with Crippen molar-refractivity contribution in [3.63, 3.8) is 0 Å². The van der Waals surface area contributed by atoms with Gasteiger partial charge in [-0.25, -0.2) is 0 Å². The molecule has 1 aliphatic heterocycles. The van der Waals surface area contributed by atoms with Gasteiger partial charge in [-0.3, -0.25) is 4.79 Å². The number of hydrogen-bond donors (Lipinski definition) is 1. The van der Waals surface area contributed by atoms with Crippen LogP contribution in [0.15, 0.2) is 18.2 Å². The lowest BCUT2D eigenvalue weighted by molar-refractivity contribution is -0.133. The van der Waals surface area contributed by atoms with Crippen LogP contribution in [0.1, 0.15) is 44.2 Å². The number of nitrogens with two attached hydrogens (primary N) is 1. The van der Waals surface area contributed by atoms with E-state index in [0.29, 0.717) is 23.0 Å². The van der Waals surface area contributed by atoms with Gasteiger partial charge in [0.25, 0.3) is 0 Å². The SMILES string of the molecule is CCC(CN)CC(=O)N1CCCC1c1ccc(Cl)c(Cl)c1. The van der Waals surface area contributed by atoms with Gasteiger partial charge in [-0.2, -0.15) is 0 Å². The minimum Gasteiger partial charge on any atom is -0.336 e. The van der Waals surface area contributed by atoms with Crippen molar-refractivity contribution in [1.82, 2.24) is 4.90 Å². The molecule has 3 nitrogen and oxygen atoms in total. The second-order valence-corrected chi connectivity index (χ2v) is 6.45. The van der Waals surface area contributed by atoms with E-state index in [9.17, 15) is 4.79 Å². The Bertz CT molecular complexity index is 503. The fourth-order valence-corrected chi connectivity index (χ4v) is 3.20. The van der Waals surface area contributed by atoms with Crippen LogP contribution in [0.4, 0.5) is 0 Å². The summed E-state index contributed by atoms with van der Waals surface area (Å²) in [5.41, 5.74) is 6.78. The lowest BCUT2D eigenvalue weighted by Crippen LogP contribution is -2.33. The van der Waals surface area contributed by atoms with Gasteiger partial charge in [0, 0.05) is 13.0 Å². The van der Waals surface area contributed by atoms with Crippen LogP contribution in [-0.2, 0) is 4.79 Å². The Labute approximate surface area is 136 Å². The average Bonchev–Trinajstić information content (AvgIpc) is 2.97. The summed E-state index contributed by atoms with van der Waals surface area (Å²) in [7, 11) is 0. The molecule has 0 aromatic heterocycles. The van der Waals surface area contributed by atoms with E-state index in [4.69, 9.17) is 28.9 Å². The molecule has 1 aromatic carbocycles. The third-order valence-electron chi connectivity index (χ3n) is 4.28. The molecule has 1 amide bonds. The standard InChI is InChI=1S/C16H22Cl2N2O/c1-2-11(10-19)8-16(21)20-7-3-4-15(20)12-5-6-13(17)14(18)9-12/h5-6,9,11,15H,2-4,7-8,10,19H2,1H3. The first-order valence-corrected chi connectivity index (χ1v) is 8.26.